The Bertz CT molecular complexity index is 163. The van der Waals surface area contributed by atoms with E-state index >= 15 is 0 Å². The van der Waals surface area contributed by atoms with Crippen LogP contribution in [0.1, 0.15) is 0 Å². The van der Waals surface area contributed by atoms with Crippen molar-refractivity contribution in [3.63, 3.8) is 0 Å². The number of isocyanates is 1. The summed E-state index contributed by atoms with van der Waals surface area (Å²) in [6.07, 6.45) is 0.843. The molecule has 3 N–H and O–H groups in total. The summed E-state index contributed by atoms with van der Waals surface area (Å²) < 4.78 is 0. The van der Waals surface area contributed by atoms with E-state index in [-0.39, 0.29) is 0 Å². The predicted molar refractivity (Wildman–Crippen MR) is 27.1 cm³/mol. The van der Waals surface area contributed by atoms with E-state index in [1.54, 1.807) is 0 Å². The van der Waals surface area contributed by atoms with Gasteiger partial charge < -0.3 is 15.3 Å². The van der Waals surface area contributed by atoms with Gasteiger partial charge in [0.1, 0.15) is 0 Å². The summed E-state index contributed by atoms with van der Waals surface area (Å²) >= 11 is 0. The van der Waals surface area contributed by atoms with E-state index in [2.05, 4.69) is 11.6 Å². The Hall–Kier alpha value is -1.16. The quantitative estimate of drug-likeness (QED) is 0.195. The molecule has 0 aliphatic rings. The minimum atomic E-state index is -2.89. The summed E-state index contributed by atoms with van der Waals surface area (Å²) in [6.45, 7) is 2.73. The summed E-state index contributed by atoms with van der Waals surface area (Å²) in [5.41, 5.74) is 0. The average Bonchev–Trinajstić information content (AvgIpc) is 1.65. The lowest BCUT2D eigenvalue weighted by Crippen LogP contribution is -2.26. The van der Waals surface area contributed by atoms with Crippen LogP contribution >= 0.6 is 0 Å². The van der Waals surface area contributed by atoms with E-state index in [0.717, 1.165) is 6.08 Å². The maximum absolute atomic E-state index is 9.36. The summed E-state index contributed by atoms with van der Waals surface area (Å²) in [5, 5.41) is 25.0. The molecule has 5 heteroatoms. The molecule has 0 heterocycles. The first-order valence-corrected chi connectivity index (χ1v) is 1.93. The highest BCUT2D eigenvalue weighted by Crippen LogP contribution is 2.07. The van der Waals surface area contributed by atoms with Crippen LogP contribution < -0.4 is 0 Å². The van der Waals surface area contributed by atoms with Crippen LogP contribution in [0, 0.1) is 0 Å². The van der Waals surface area contributed by atoms with Gasteiger partial charge in [0.25, 0.3) is 0 Å². The van der Waals surface area contributed by atoms with Gasteiger partial charge >= 0.3 is 5.91 Å². The lowest BCUT2D eigenvalue weighted by atomic mass is 10.4. The molecule has 0 aliphatic carbocycles. The Balaban J connectivity index is 4.37. The molecule has 0 aliphatic heterocycles. The van der Waals surface area contributed by atoms with Gasteiger partial charge in [0.2, 0.25) is 6.08 Å². The molecule has 0 spiro atoms. The van der Waals surface area contributed by atoms with Crippen LogP contribution in [0.5, 0.6) is 0 Å². The molecule has 0 saturated heterocycles. The molecule has 0 bridgehead atoms. The molecule has 50 valence electrons. The van der Waals surface area contributed by atoms with Crippen molar-refractivity contribution in [3.05, 3.63) is 12.3 Å². The lowest BCUT2D eigenvalue weighted by molar-refractivity contribution is -0.143. The number of rotatable bonds is 2. The van der Waals surface area contributed by atoms with E-state index in [4.69, 9.17) is 15.3 Å². The van der Waals surface area contributed by atoms with Crippen molar-refractivity contribution in [2.45, 2.75) is 5.91 Å². The molecule has 0 aromatic heterocycles. The van der Waals surface area contributed by atoms with Crippen LogP contribution in [0.3, 0.4) is 0 Å². The Morgan fingerprint density at radius 3 is 2.22 bits per heavy atom. The second-order valence-corrected chi connectivity index (χ2v) is 1.29. The van der Waals surface area contributed by atoms with Gasteiger partial charge in [-0.2, -0.15) is 0 Å². The van der Waals surface area contributed by atoms with Crippen molar-refractivity contribution >= 4 is 6.08 Å². The zero-order valence-corrected chi connectivity index (χ0v) is 4.40. The number of hydrogen-bond acceptors (Lipinski definition) is 5. The average molecular weight is 131 g/mol. The molecule has 0 fully saturated rings. The van der Waals surface area contributed by atoms with Gasteiger partial charge in [-0.25, -0.2) is 4.79 Å². The lowest BCUT2D eigenvalue weighted by Gasteiger charge is -2.10. The fourth-order valence-electron chi connectivity index (χ4n) is 0.128. The highest BCUT2D eigenvalue weighted by Gasteiger charge is 2.25. The van der Waals surface area contributed by atoms with Gasteiger partial charge in [0, 0.05) is 0 Å². The Kier molecular flexibility index (Phi) is 2.10. The molecular formula is C4H5NO4. The summed E-state index contributed by atoms with van der Waals surface area (Å²) in [7, 11) is 0. The minimum absolute atomic E-state index is 0.843. The highest BCUT2D eigenvalue weighted by molar-refractivity contribution is 5.34. The van der Waals surface area contributed by atoms with Crippen molar-refractivity contribution in [1.82, 2.24) is 0 Å². The largest absolute Gasteiger partial charge is 0.506 e. The van der Waals surface area contributed by atoms with E-state index in [1.807, 2.05) is 0 Å². The normalized spacial score (nSPS) is 10.0. The molecule has 0 rings (SSSR count). The fraction of sp³-hybridized carbons (Fsp3) is 0.250. The third-order valence-corrected chi connectivity index (χ3v) is 0.589. The minimum Gasteiger partial charge on any atom is -0.506 e. The Morgan fingerprint density at radius 1 is 1.67 bits per heavy atom. The molecule has 0 radical (unpaired) electrons. The van der Waals surface area contributed by atoms with Crippen LogP contribution in [-0.2, 0) is 4.79 Å². The monoisotopic (exact) mass is 131 g/mol. The highest BCUT2D eigenvalue weighted by atomic mass is 16.5. The molecular weight excluding hydrogens is 126 g/mol. The second-order valence-electron chi connectivity index (χ2n) is 1.29. The molecule has 0 unspecified atom stereocenters. The zero-order chi connectivity index (χ0) is 7.49. The van der Waals surface area contributed by atoms with Crippen LogP contribution in [0.25, 0.3) is 0 Å². The van der Waals surface area contributed by atoms with Gasteiger partial charge in [-0.1, -0.05) is 6.58 Å². The van der Waals surface area contributed by atoms with Gasteiger partial charge in [0.15, 0.2) is 5.76 Å². The van der Waals surface area contributed by atoms with Gasteiger partial charge in [-0.3, -0.25) is 0 Å². The maximum atomic E-state index is 9.36. The molecule has 0 amide bonds. The summed E-state index contributed by atoms with van der Waals surface area (Å²) in [5.74, 6) is -3.91. The third-order valence-electron chi connectivity index (χ3n) is 0.589. The van der Waals surface area contributed by atoms with Gasteiger partial charge in [0.05, 0.1) is 0 Å². The van der Waals surface area contributed by atoms with Crippen molar-refractivity contribution in [3.8, 4) is 0 Å². The maximum Gasteiger partial charge on any atom is 0.335 e. The van der Waals surface area contributed by atoms with Crippen molar-refractivity contribution in [2.75, 3.05) is 0 Å². The molecule has 0 aromatic carbocycles. The van der Waals surface area contributed by atoms with Crippen molar-refractivity contribution < 1.29 is 20.1 Å². The number of aliphatic imine (C=N–C) groups is 1. The zero-order valence-electron chi connectivity index (χ0n) is 4.40. The number of aliphatic hydroxyl groups is 3. The topological polar surface area (TPSA) is 90.1 Å². The van der Waals surface area contributed by atoms with Crippen LogP contribution in [0.15, 0.2) is 17.3 Å². The number of nitrogens with zero attached hydrogens (tertiary/aromatic N) is 1. The predicted octanol–water partition coefficient (Wildman–Crippen LogP) is -0.968. The van der Waals surface area contributed by atoms with E-state index in [0.29, 0.717) is 0 Å². The van der Waals surface area contributed by atoms with E-state index in [1.165, 1.54) is 0 Å². The first-order chi connectivity index (χ1) is 4.00. The molecule has 0 aromatic rings. The Labute approximate surface area is 50.6 Å². The number of carbonyl (C=O) groups excluding carboxylic acids is 1. The fourth-order valence-corrected chi connectivity index (χ4v) is 0.128. The van der Waals surface area contributed by atoms with Gasteiger partial charge in [-0.05, 0) is 0 Å². The molecule has 5 nitrogen and oxygen atoms in total. The number of aliphatic hydroxyl groups excluding tert-OH is 1. The van der Waals surface area contributed by atoms with Crippen LogP contribution in [0.2, 0.25) is 0 Å². The molecule has 9 heavy (non-hydrogen) atoms. The smallest absolute Gasteiger partial charge is 0.335 e. The third kappa shape index (κ3) is 2.05. The summed E-state index contributed by atoms with van der Waals surface area (Å²) in [4.78, 5) is 11.8. The Morgan fingerprint density at radius 2 is 2.11 bits per heavy atom. The molecule has 0 atom stereocenters. The van der Waals surface area contributed by atoms with E-state index < -0.39 is 11.7 Å². The first-order valence-electron chi connectivity index (χ1n) is 1.93. The second kappa shape index (κ2) is 2.41. The summed E-state index contributed by atoms with van der Waals surface area (Å²) in [6, 6.07) is 0. The first kappa shape index (κ1) is 7.84. The van der Waals surface area contributed by atoms with Crippen molar-refractivity contribution in [2.24, 2.45) is 4.99 Å². The van der Waals surface area contributed by atoms with E-state index in [9.17, 15) is 4.79 Å². The van der Waals surface area contributed by atoms with Crippen LogP contribution in [-0.4, -0.2) is 27.3 Å². The molecule has 0 saturated carbocycles. The van der Waals surface area contributed by atoms with Gasteiger partial charge in [-0.15, -0.1) is 4.99 Å². The van der Waals surface area contributed by atoms with Crippen molar-refractivity contribution in [1.29, 1.82) is 0 Å². The number of hydrogen-bond donors (Lipinski definition) is 3. The SMILES string of the molecule is C=C(O)C(O)(O)N=C=O. The standard InChI is InChI=1S/C4H5NO4/c1-3(7)4(8,9)5-2-6/h7-9H,1H2. The van der Waals surface area contributed by atoms with Crippen LogP contribution in [0.4, 0.5) is 0 Å².